The lowest BCUT2D eigenvalue weighted by atomic mass is 9.93. The molecule has 2 aromatic carbocycles. The number of nitrogens with zero attached hydrogens (tertiary/aromatic N) is 3. The van der Waals surface area contributed by atoms with E-state index in [2.05, 4.69) is 15.6 Å². The summed E-state index contributed by atoms with van der Waals surface area (Å²) in [6, 6.07) is 15.7. The van der Waals surface area contributed by atoms with Crippen LogP contribution in [0.1, 0.15) is 51.9 Å². The highest BCUT2D eigenvalue weighted by atomic mass is 19.1. The first-order valence-electron chi connectivity index (χ1n) is 12.1. The number of imidazole rings is 1. The van der Waals surface area contributed by atoms with Gasteiger partial charge in [-0.3, -0.25) is 14.4 Å². The lowest BCUT2D eigenvalue weighted by Crippen LogP contribution is -2.64. The highest BCUT2D eigenvalue weighted by Gasteiger charge is 2.53. The van der Waals surface area contributed by atoms with E-state index in [-0.39, 0.29) is 48.2 Å². The molecule has 0 saturated heterocycles. The first-order valence-corrected chi connectivity index (χ1v) is 12.1. The molecule has 36 heavy (non-hydrogen) atoms. The molecule has 1 saturated carbocycles. The Balaban J connectivity index is 1.32. The number of aromatic nitrogens is 2. The summed E-state index contributed by atoms with van der Waals surface area (Å²) in [6.07, 6.45) is 3.73. The zero-order valence-electron chi connectivity index (χ0n) is 20.0. The quantitative estimate of drug-likeness (QED) is 0.509. The van der Waals surface area contributed by atoms with E-state index in [0.29, 0.717) is 13.0 Å². The molecular formula is C27H28FN5O3. The van der Waals surface area contributed by atoms with E-state index in [1.165, 1.54) is 18.5 Å². The number of rotatable bonds is 8. The predicted molar refractivity (Wildman–Crippen MR) is 131 cm³/mol. The maximum absolute atomic E-state index is 13.7. The van der Waals surface area contributed by atoms with Crippen LogP contribution in [-0.4, -0.2) is 50.3 Å². The van der Waals surface area contributed by atoms with Crippen molar-refractivity contribution in [3.05, 3.63) is 89.3 Å². The number of nitrogens with one attached hydrogen (secondary N) is 2. The fraction of sp³-hybridized carbons (Fsp3) is 0.333. The van der Waals surface area contributed by atoms with Gasteiger partial charge in [0.25, 0.3) is 11.8 Å². The summed E-state index contributed by atoms with van der Waals surface area (Å²) < 4.78 is 14.8. The Labute approximate surface area is 208 Å². The topological polar surface area (TPSA) is 96.3 Å². The van der Waals surface area contributed by atoms with Gasteiger partial charge in [-0.2, -0.15) is 0 Å². The molecule has 0 unspecified atom stereocenters. The number of carbonyl (C=O) groups excluding carboxylic acids is 3. The monoisotopic (exact) mass is 489 g/mol. The summed E-state index contributed by atoms with van der Waals surface area (Å²) in [7, 11) is 0. The predicted octanol–water partition coefficient (Wildman–Crippen LogP) is 2.69. The number of fused-ring (bicyclic) bond motifs is 1. The van der Waals surface area contributed by atoms with Gasteiger partial charge in [0, 0.05) is 19.1 Å². The van der Waals surface area contributed by atoms with Crippen molar-refractivity contribution in [2.24, 2.45) is 0 Å². The zero-order valence-corrected chi connectivity index (χ0v) is 20.0. The zero-order chi connectivity index (χ0) is 25.3. The molecular weight excluding hydrogens is 461 g/mol. The van der Waals surface area contributed by atoms with Crippen LogP contribution in [0.3, 0.4) is 0 Å². The van der Waals surface area contributed by atoms with Crippen molar-refractivity contribution in [2.75, 3.05) is 6.54 Å². The molecule has 0 radical (unpaired) electrons. The van der Waals surface area contributed by atoms with Gasteiger partial charge < -0.3 is 20.1 Å². The van der Waals surface area contributed by atoms with E-state index in [1.807, 2.05) is 30.3 Å². The standard InChI is InChI=1S/C27H28FN5O3/c1-27(26(36)30-15-19-7-9-20(28)10-8-19)16-32-17-31-22(23(32)25(35)33(27)21-11-12-21)24(34)29-14-13-18-5-3-2-4-6-18/h2-10,17,21H,11-16H2,1H3,(H,29,34)(H,30,36)/t27-/m0/s1. The van der Waals surface area contributed by atoms with Gasteiger partial charge in [-0.05, 0) is 49.4 Å². The normalized spacial score (nSPS) is 19.1. The van der Waals surface area contributed by atoms with Crippen molar-refractivity contribution >= 4 is 17.7 Å². The molecule has 1 aliphatic carbocycles. The minimum atomic E-state index is -1.15. The molecule has 1 fully saturated rings. The van der Waals surface area contributed by atoms with Crippen LogP contribution in [0.5, 0.6) is 0 Å². The largest absolute Gasteiger partial charge is 0.350 e. The Morgan fingerprint density at radius 3 is 2.47 bits per heavy atom. The van der Waals surface area contributed by atoms with Gasteiger partial charge in [0.2, 0.25) is 5.91 Å². The fourth-order valence-electron chi connectivity index (χ4n) is 4.75. The van der Waals surface area contributed by atoms with Gasteiger partial charge in [0.1, 0.15) is 17.1 Å². The molecule has 1 atom stereocenters. The minimum absolute atomic E-state index is 0.0586. The van der Waals surface area contributed by atoms with Gasteiger partial charge in [0.15, 0.2) is 5.69 Å². The fourth-order valence-corrected chi connectivity index (χ4v) is 4.75. The van der Waals surface area contributed by atoms with E-state index in [9.17, 15) is 18.8 Å². The van der Waals surface area contributed by atoms with E-state index in [1.54, 1.807) is 28.5 Å². The summed E-state index contributed by atoms with van der Waals surface area (Å²) in [6.45, 7) is 2.56. The molecule has 5 rings (SSSR count). The third-order valence-corrected chi connectivity index (χ3v) is 6.79. The molecule has 9 heteroatoms. The Morgan fingerprint density at radius 1 is 1.06 bits per heavy atom. The number of carbonyl (C=O) groups is 3. The first kappa shape index (κ1) is 23.7. The average molecular weight is 490 g/mol. The summed E-state index contributed by atoms with van der Waals surface area (Å²) >= 11 is 0. The van der Waals surface area contributed by atoms with Crippen molar-refractivity contribution in [1.82, 2.24) is 25.1 Å². The smallest absolute Gasteiger partial charge is 0.274 e. The molecule has 2 N–H and O–H groups in total. The Bertz CT molecular complexity index is 1290. The van der Waals surface area contributed by atoms with Gasteiger partial charge >= 0.3 is 0 Å². The van der Waals surface area contributed by atoms with Crippen molar-refractivity contribution in [1.29, 1.82) is 0 Å². The maximum Gasteiger partial charge on any atom is 0.274 e. The van der Waals surface area contributed by atoms with E-state index in [0.717, 1.165) is 24.0 Å². The number of halogens is 1. The maximum atomic E-state index is 13.7. The van der Waals surface area contributed by atoms with Crippen LogP contribution >= 0.6 is 0 Å². The Hall–Kier alpha value is -4.01. The SMILES string of the molecule is C[C@@]1(C(=O)NCc2ccc(F)cc2)Cn2cnc(C(=O)NCCc3ccccc3)c2C(=O)N1C1CC1. The molecule has 1 aliphatic heterocycles. The molecule has 0 spiro atoms. The van der Waals surface area contributed by atoms with Crippen molar-refractivity contribution in [2.45, 2.75) is 50.9 Å². The number of amides is 3. The van der Waals surface area contributed by atoms with E-state index >= 15 is 0 Å². The third kappa shape index (κ3) is 4.60. The molecule has 186 valence electrons. The summed E-state index contributed by atoms with van der Waals surface area (Å²) in [5.74, 6) is -1.43. The average Bonchev–Trinajstić information content (AvgIpc) is 3.61. The summed E-state index contributed by atoms with van der Waals surface area (Å²) in [5.41, 5.74) is 0.997. The molecule has 2 heterocycles. The van der Waals surface area contributed by atoms with Crippen LogP contribution < -0.4 is 10.6 Å². The number of hydrogen-bond acceptors (Lipinski definition) is 4. The van der Waals surface area contributed by atoms with E-state index < -0.39 is 11.4 Å². The molecule has 8 nitrogen and oxygen atoms in total. The van der Waals surface area contributed by atoms with Gasteiger partial charge in [-0.15, -0.1) is 0 Å². The molecule has 3 amide bonds. The number of hydrogen-bond donors (Lipinski definition) is 2. The highest BCUT2D eigenvalue weighted by molar-refractivity contribution is 6.07. The van der Waals surface area contributed by atoms with Crippen molar-refractivity contribution < 1.29 is 18.8 Å². The lowest BCUT2D eigenvalue weighted by Gasteiger charge is -2.44. The first-order chi connectivity index (χ1) is 17.4. The second kappa shape index (κ2) is 9.56. The summed E-state index contributed by atoms with van der Waals surface area (Å²) in [4.78, 5) is 45.8. The number of benzene rings is 2. The van der Waals surface area contributed by atoms with Crippen LogP contribution in [0, 0.1) is 5.82 Å². The minimum Gasteiger partial charge on any atom is -0.350 e. The molecule has 3 aromatic rings. The van der Waals surface area contributed by atoms with Gasteiger partial charge in [0.05, 0.1) is 12.9 Å². The lowest BCUT2D eigenvalue weighted by molar-refractivity contribution is -0.133. The van der Waals surface area contributed by atoms with Crippen molar-refractivity contribution in [3.63, 3.8) is 0 Å². The second-order valence-corrected chi connectivity index (χ2v) is 9.55. The van der Waals surface area contributed by atoms with Gasteiger partial charge in [-0.25, -0.2) is 9.37 Å². The highest BCUT2D eigenvalue weighted by Crippen LogP contribution is 2.38. The Kier molecular flexibility index (Phi) is 6.30. The van der Waals surface area contributed by atoms with Crippen molar-refractivity contribution in [3.8, 4) is 0 Å². The molecule has 2 aliphatic rings. The van der Waals surface area contributed by atoms with Crippen LogP contribution in [0.25, 0.3) is 0 Å². The van der Waals surface area contributed by atoms with E-state index in [4.69, 9.17) is 0 Å². The van der Waals surface area contributed by atoms with Crippen LogP contribution in [0.2, 0.25) is 0 Å². The second-order valence-electron chi connectivity index (χ2n) is 9.55. The van der Waals surface area contributed by atoms with Crippen LogP contribution in [-0.2, 0) is 24.3 Å². The molecule has 1 aromatic heterocycles. The molecule has 0 bridgehead atoms. The Morgan fingerprint density at radius 2 is 1.78 bits per heavy atom. The van der Waals surface area contributed by atoms with Crippen LogP contribution in [0.4, 0.5) is 4.39 Å². The summed E-state index contributed by atoms with van der Waals surface area (Å²) in [5, 5.41) is 5.76. The van der Waals surface area contributed by atoms with Crippen LogP contribution in [0.15, 0.2) is 60.9 Å². The third-order valence-electron chi connectivity index (χ3n) is 6.79. The van der Waals surface area contributed by atoms with Gasteiger partial charge in [-0.1, -0.05) is 42.5 Å².